The zero-order chi connectivity index (χ0) is 16.4. The van der Waals surface area contributed by atoms with Crippen molar-refractivity contribution in [2.45, 2.75) is 50.5 Å². The second kappa shape index (κ2) is 6.15. The lowest BCUT2D eigenvalue weighted by Gasteiger charge is -2.12. The first-order chi connectivity index (χ1) is 11.0. The van der Waals surface area contributed by atoms with Crippen molar-refractivity contribution in [2.75, 3.05) is 10.0 Å². The Morgan fingerprint density at radius 3 is 2.35 bits per heavy atom. The molecule has 1 aliphatic rings. The molecule has 0 spiro atoms. The van der Waals surface area contributed by atoms with Crippen LogP contribution in [0, 0.1) is 13.8 Å². The number of hydrogen-bond acceptors (Lipinski definition) is 7. The monoisotopic (exact) mass is 337 g/mol. The summed E-state index contributed by atoms with van der Waals surface area (Å²) < 4.78 is 32.0. The van der Waals surface area contributed by atoms with Gasteiger partial charge in [-0.25, -0.2) is 8.42 Å². The van der Waals surface area contributed by atoms with Crippen molar-refractivity contribution < 1.29 is 12.9 Å². The Morgan fingerprint density at radius 2 is 1.78 bits per heavy atom. The molecule has 2 heterocycles. The minimum atomic E-state index is -3.80. The van der Waals surface area contributed by atoms with Gasteiger partial charge >= 0.3 is 0 Å². The summed E-state index contributed by atoms with van der Waals surface area (Å²) in [6, 6.07) is 3.73. The van der Waals surface area contributed by atoms with E-state index in [4.69, 9.17) is 4.52 Å². The molecule has 0 bridgehead atoms. The SMILES string of the molecule is Cc1noc(C)c1S(=O)(=O)Nc1ccc(NC2CCCC2)nn1. The molecule has 0 aromatic carbocycles. The molecule has 124 valence electrons. The van der Waals surface area contributed by atoms with Crippen LogP contribution in [-0.4, -0.2) is 29.8 Å². The third kappa shape index (κ3) is 3.44. The predicted octanol–water partition coefficient (Wildman–Crippen LogP) is 2.24. The van der Waals surface area contributed by atoms with Gasteiger partial charge in [0.25, 0.3) is 10.0 Å². The van der Waals surface area contributed by atoms with Gasteiger partial charge in [-0.2, -0.15) is 0 Å². The zero-order valence-corrected chi connectivity index (χ0v) is 13.9. The molecule has 0 amide bonds. The Labute approximate surface area is 134 Å². The molecule has 1 fully saturated rings. The van der Waals surface area contributed by atoms with Crippen molar-refractivity contribution in [1.82, 2.24) is 15.4 Å². The number of rotatable bonds is 5. The lowest BCUT2D eigenvalue weighted by atomic mass is 10.2. The van der Waals surface area contributed by atoms with Crippen LogP contribution < -0.4 is 10.0 Å². The summed E-state index contributed by atoms with van der Waals surface area (Å²) in [4.78, 5) is 0.0347. The summed E-state index contributed by atoms with van der Waals surface area (Å²) in [5.41, 5.74) is 0.308. The molecule has 1 saturated carbocycles. The number of nitrogens with one attached hydrogen (secondary N) is 2. The highest BCUT2D eigenvalue weighted by Gasteiger charge is 2.24. The summed E-state index contributed by atoms with van der Waals surface area (Å²) >= 11 is 0. The van der Waals surface area contributed by atoms with E-state index >= 15 is 0 Å². The first kappa shape index (κ1) is 15.7. The van der Waals surface area contributed by atoms with Gasteiger partial charge in [-0.05, 0) is 38.8 Å². The predicted molar refractivity (Wildman–Crippen MR) is 84.7 cm³/mol. The van der Waals surface area contributed by atoms with Gasteiger partial charge in [-0.3, -0.25) is 4.72 Å². The first-order valence-electron chi connectivity index (χ1n) is 7.51. The first-order valence-corrected chi connectivity index (χ1v) is 9.00. The number of sulfonamides is 1. The van der Waals surface area contributed by atoms with E-state index in [0.29, 0.717) is 17.6 Å². The fraction of sp³-hybridized carbons (Fsp3) is 0.500. The zero-order valence-electron chi connectivity index (χ0n) is 13.0. The van der Waals surface area contributed by atoms with Crippen LogP contribution >= 0.6 is 0 Å². The number of nitrogens with zero attached hydrogens (tertiary/aromatic N) is 3. The summed E-state index contributed by atoms with van der Waals surface area (Å²) in [5, 5.41) is 14.9. The lowest BCUT2D eigenvalue weighted by Crippen LogP contribution is -2.18. The Bertz CT molecular complexity index is 760. The molecule has 2 aromatic rings. The molecule has 8 nitrogen and oxygen atoms in total. The van der Waals surface area contributed by atoms with Gasteiger partial charge in [0.15, 0.2) is 16.5 Å². The van der Waals surface area contributed by atoms with E-state index in [1.807, 2.05) is 0 Å². The molecule has 0 saturated heterocycles. The van der Waals surface area contributed by atoms with Crippen LogP contribution in [0.2, 0.25) is 0 Å². The number of aromatic nitrogens is 3. The van der Waals surface area contributed by atoms with Crippen molar-refractivity contribution in [3.8, 4) is 0 Å². The third-order valence-electron chi connectivity index (χ3n) is 3.85. The van der Waals surface area contributed by atoms with Crippen molar-refractivity contribution in [1.29, 1.82) is 0 Å². The molecule has 0 unspecified atom stereocenters. The molecule has 0 aliphatic heterocycles. The summed E-state index contributed by atoms with van der Waals surface area (Å²) in [5.74, 6) is 1.04. The van der Waals surface area contributed by atoms with Crippen LogP contribution in [-0.2, 0) is 10.0 Å². The molecular formula is C14H19N5O3S. The van der Waals surface area contributed by atoms with Crippen LogP contribution in [0.1, 0.15) is 37.1 Å². The van der Waals surface area contributed by atoms with E-state index in [-0.39, 0.29) is 16.5 Å². The standard InChI is InChI=1S/C14H19N5O3S/c1-9-14(10(2)22-18-9)23(20,21)19-13-8-7-12(16-17-13)15-11-5-3-4-6-11/h7-8,11H,3-6H2,1-2H3,(H,15,16)(H,17,19). The van der Waals surface area contributed by atoms with Gasteiger partial charge in [0.1, 0.15) is 11.5 Å². The van der Waals surface area contributed by atoms with E-state index in [1.165, 1.54) is 12.8 Å². The van der Waals surface area contributed by atoms with E-state index in [9.17, 15) is 8.42 Å². The third-order valence-corrected chi connectivity index (χ3v) is 5.45. The topological polar surface area (TPSA) is 110 Å². The Hall–Kier alpha value is -2.16. The lowest BCUT2D eigenvalue weighted by molar-refractivity contribution is 0.390. The quantitative estimate of drug-likeness (QED) is 0.860. The van der Waals surface area contributed by atoms with Gasteiger partial charge in [-0.15, -0.1) is 10.2 Å². The summed E-state index contributed by atoms with van der Waals surface area (Å²) in [6.07, 6.45) is 4.70. The maximum atomic E-state index is 12.4. The van der Waals surface area contributed by atoms with Crippen LogP contribution in [0.4, 0.5) is 11.6 Å². The van der Waals surface area contributed by atoms with Gasteiger partial charge < -0.3 is 9.84 Å². The molecule has 2 N–H and O–H groups in total. The van der Waals surface area contributed by atoms with Gasteiger partial charge in [0.2, 0.25) is 0 Å². The highest BCUT2D eigenvalue weighted by Crippen LogP contribution is 2.23. The van der Waals surface area contributed by atoms with Crippen LogP contribution in [0.15, 0.2) is 21.6 Å². The maximum Gasteiger partial charge on any atom is 0.268 e. The smallest absolute Gasteiger partial charge is 0.268 e. The van der Waals surface area contributed by atoms with E-state index < -0.39 is 10.0 Å². The molecular weight excluding hydrogens is 318 g/mol. The minimum absolute atomic E-state index is 0.0347. The van der Waals surface area contributed by atoms with Crippen molar-refractivity contribution in [3.63, 3.8) is 0 Å². The minimum Gasteiger partial charge on any atom is -0.366 e. The van der Waals surface area contributed by atoms with E-state index in [2.05, 4.69) is 25.4 Å². The Kier molecular flexibility index (Phi) is 4.20. The average Bonchev–Trinajstić information content (AvgIpc) is 3.11. The van der Waals surface area contributed by atoms with Crippen molar-refractivity contribution >= 4 is 21.7 Å². The molecule has 1 aliphatic carbocycles. The van der Waals surface area contributed by atoms with E-state index in [0.717, 1.165) is 12.8 Å². The number of aryl methyl sites for hydroxylation is 2. The van der Waals surface area contributed by atoms with Crippen LogP contribution in [0.3, 0.4) is 0 Å². The average molecular weight is 337 g/mol. The van der Waals surface area contributed by atoms with E-state index in [1.54, 1.807) is 26.0 Å². The highest BCUT2D eigenvalue weighted by atomic mass is 32.2. The fourth-order valence-corrected chi connectivity index (χ4v) is 4.12. The summed E-state index contributed by atoms with van der Waals surface area (Å²) in [6.45, 7) is 3.13. The van der Waals surface area contributed by atoms with Gasteiger partial charge in [0.05, 0.1) is 0 Å². The Balaban J connectivity index is 1.72. The van der Waals surface area contributed by atoms with Gasteiger partial charge in [0, 0.05) is 6.04 Å². The van der Waals surface area contributed by atoms with Crippen LogP contribution in [0.5, 0.6) is 0 Å². The molecule has 2 aromatic heterocycles. The summed E-state index contributed by atoms with van der Waals surface area (Å²) in [7, 11) is -3.80. The second-order valence-corrected chi connectivity index (χ2v) is 7.31. The number of hydrogen-bond donors (Lipinski definition) is 2. The number of anilines is 2. The highest BCUT2D eigenvalue weighted by molar-refractivity contribution is 7.92. The molecule has 0 radical (unpaired) electrons. The Morgan fingerprint density at radius 1 is 1.13 bits per heavy atom. The van der Waals surface area contributed by atoms with Crippen LogP contribution in [0.25, 0.3) is 0 Å². The van der Waals surface area contributed by atoms with Gasteiger partial charge in [-0.1, -0.05) is 18.0 Å². The molecule has 23 heavy (non-hydrogen) atoms. The molecule has 3 rings (SSSR count). The van der Waals surface area contributed by atoms with Crippen molar-refractivity contribution in [2.24, 2.45) is 0 Å². The van der Waals surface area contributed by atoms with Crippen molar-refractivity contribution in [3.05, 3.63) is 23.6 Å². The maximum absolute atomic E-state index is 12.4. The second-order valence-electron chi connectivity index (χ2n) is 5.69. The molecule has 9 heteroatoms. The fourth-order valence-electron chi connectivity index (χ4n) is 2.79. The largest absolute Gasteiger partial charge is 0.366 e. The molecule has 0 atom stereocenters. The normalized spacial score (nSPS) is 15.7.